The number of imide groups is 1. The number of carboxylic acid groups (broad SMARTS) is 1. The lowest BCUT2D eigenvalue weighted by Crippen LogP contribution is -2.53. The molecule has 2 aromatic rings. The third-order valence-corrected chi connectivity index (χ3v) is 6.47. The third-order valence-electron chi connectivity index (χ3n) is 6.47. The van der Waals surface area contributed by atoms with Gasteiger partial charge in [0.25, 0.3) is 5.92 Å². The van der Waals surface area contributed by atoms with Crippen LogP contribution in [-0.2, 0) is 23.8 Å². The first-order chi connectivity index (χ1) is 21.7. The fraction of sp³-hybridized carbons (Fsp3) is 0.485. The number of ether oxygens (including phenoxy) is 3. The number of methoxy groups -OCH3 is 1. The van der Waals surface area contributed by atoms with Gasteiger partial charge in [0.1, 0.15) is 23.3 Å². The van der Waals surface area contributed by atoms with E-state index in [1.807, 2.05) is 0 Å². The van der Waals surface area contributed by atoms with E-state index in [-0.39, 0.29) is 4.90 Å². The van der Waals surface area contributed by atoms with Crippen LogP contribution in [0.1, 0.15) is 71.4 Å². The molecule has 0 spiro atoms. The molecule has 2 aromatic carbocycles. The van der Waals surface area contributed by atoms with Crippen molar-refractivity contribution in [3.8, 4) is 0 Å². The number of rotatable bonds is 12. The van der Waals surface area contributed by atoms with Gasteiger partial charge in [-0.05, 0) is 59.1 Å². The smallest absolute Gasteiger partial charge is 0.420 e. The topological polar surface area (TPSA) is 161 Å². The number of benzene rings is 2. The van der Waals surface area contributed by atoms with Crippen LogP contribution in [0.15, 0.2) is 60.7 Å². The fourth-order valence-corrected chi connectivity index (χ4v) is 4.46. The number of halogens is 2. The van der Waals surface area contributed by atoms with E-state index in [2.05, 4.69) is 10.6 Å². The summed E-state index contributed by atoms with van der Waals surface area (Å²) in [5, 5.41) is 14.5. The summed E-state index contributed by atoms with van der Waals surface area (Å²) in [6.45, 7) is 7.62. The molecular weight excluding hydrogens is 620 g/mol. The molecule has 0 aliphatic heterocycles. The molecule has 0 aliphatic rings. The average Bonchev–Trinajstić information content (AvgIpc) is 2.96. The van der Waals surface area contributed by atoms with Crippen molar-refractivity contribution in [1.29, 1.82) is 0 Å². The van der Waals surface area contributed by atoms with Gasteiger partial charge in [0.2, 0.25) is 5.91 Å². The van der Waals surface area contributed by atoms with Gasteiger partial charge in [-0.25, -0.2) is 28.0 Å². The summed E-state index contributed by atoms with van der Waals surface area (Å²) in [7, 11) is 1.09. The van der Waals surface area contributed by atoms with Crippen molar-refractivity contribution in [1.82, 2.24) is 15.5 Å². The molecule has 0 aromatic heterocycles. The van der Waals surface area contributed by atoms with E-state index in [0.29, 0.717) is 11.1 Å². The van der Waals surface area contributed by atoms with Gasteiger partial charge in [0.05, 0.1) is 13.7 Å². The molecule has 3 N–H and O–H groups in total. The van der Waals surface area contributed by atoms with E-state index in [1.165, 1.54) is 41.5 Å². The molecular formula is C33H43F2N3O9. The number of nitrogens with zero attached hydrogens (tertiary/aromatic N) is 1. The Bertz CT molecular complexity index is 1310. The first-order valence-electron chi connectivity index (χ1n) is 14.8. The summed E-state index contributed by atoms with van der Waals surface area (Å²) in [6.07, 6.45) is -5.82. The molecule has 12 nitrogen and oxygen atoms in total. The van der Waals surface area contributed by atoms with E-state index in [0.717, 1.165) is 7.11 Å². The lowest BCUT2D eigenvalue weighted by Gasteiger charge is -2.32. The largest absolute Gasteiger partial charge is 0.480 e. The highest BCUT2D eigenvalue weighted by molar-refractivity contribution is 5.93. The Labute approximate surface area is 272 Å². The Morgan fingerprint density at radius 3 is 1.64 bits per heavy atom. The SMILES string of the molecule is COC(=O)N[C@H](C(=O)NCC(F)(F)CC[C@@H](C(=O)O)N(C(=O)OC(C)(C)C)C(=O)OC(C)(C)C)C(c1ccccc1)c1ccccc1. The minimum absolute atomic E-state index is 0.161. The van der Waals surface area contributed by atoms with Gasteiger partial charge < -0.3 is 30.0 Å². The minimum atomic E-state index is -3.72. The second-order valence-electron chi connectivity index (χ2n) is 12.7. The van der Waals surface area contributed by atoms with Crippen LogP contribution in [0.2, 0.25) is 0 Å². The maximum absolute atomic E-state index is 15.3. The van der Waals surface area contributed by atoms with E-state index in [4.69, 9.17) is 14.2 Å². The number of carbonyl (C=O) groups is 5. The van der Waals surface area contributed by atoms with Gasteiger partial charge in [-0.2, -0.15) is 4.90 Å². The molecule has 0 saturated carbocycles. The van der Waals surface area contributed by atoms with Crippen molar-refractivity contribution in [3.05, 3.63) is 71.8 Å². The second kappa shape index (κ2) is 16.2. The Kier molecular flexibility index (Phi) is 13.2. The molecule has 4 amide bonds. The molecule has 0 unspecified atom stereocenters. The molecule has 2 rings (SSSR count). The third kappa shape index (κ3) is 12.5. The van der Waals surface area contributed by atoms with Crippen molar-refractivity contribution < 1.29 is 52.1 Å². The van der Waals surface area contributed by atoms with Gasteiger partial charge in [0.15, 0.2) is 0 Å². The number of hydrogen-bond donors (Lipinski definition) is 3. The monoisotopic (exact) mass is 663 g/mol. The van der Waals surface area contributed by atoms with E-state index < -0.39 is 84.7 Å². The molecule has 47 heavy (non-hydrogen) atoms. The van der Waals surface area contributed by atoms with Crippen LogP contribution in [0.25, 0.3) is 0 Å². The number of alkyl carbamates (subject to hydrolysis) is 1. The number of carbonyl (C=O) groups excluding carboxylic acids is 4. The van der Waals surface area contributed by atoms with Crippen LogP contribution in [0.5, 0.6) is 0 Å². The lowest BCUT2D eigenvalue weighted by molar-refractivity contribution is -0.144. The first-order valence-corrected chi connectivity index (χ1v) is 14.8. The predicted octanol–water partition coefficient (Wildman–Crippen LogP) is 5.70. The van der Waals surface area contributed by atoms with E-state index in [9.17, 15) is 29.1 Å². The van der Waals surface area contributed by atoms with Gasteiger partial charge in [-0.15, -0.1) is 0 Å². The molecule has 0 saturated heterocycles. The number of nitrogens with one attached hydrogen (secondary N) is 2. The van der Waals surface area contributed by atoms with Gasteiger partial charge in [-0.3, -0.25) is 4.79 Å². The molecule has 0 bridgehead atoms. The van der Waals surface area contributed by atoms with Crippen molar-refractivity contribution in [3.63, 3.8) is 0 Å². The maximum Gasteiger partial charge on any atom is 0.420 e. The molecule has 0 heterocycles. The number of aliphatic carboxylic acids is 1. The summed E-state index contributed by atoms with van der Waals surface area (Å²) in [5.74, 6) is -7.25. The normalized spacial score (nSPS) is 13.1. The average molecular weight is 664 g/mol. The van der Waals surface area contributed by atoms with E-state index in [1.54, 1.807) is 60.7 Å². The standard InChI is InChI=1S/C33H43F2N3O9/c1-31(2,3)46-29(43)38(30(44)47-32(4,5)6)23(27(40)41)18-19-33(34,35)20-36-26(39)25(37-28(42)45-7)24(21-14-10-8-11-15-21)22-16-12-9-13-17-22/h8-17,23-25H,18-20H2,1-7H3,(H,36,39)(H,37,42)(H,40,41)/t23-,25-/m0/s1. The fourth-order valence-electron chi connectivity index (χ4n) is 4.46. The first kappa shape index (κ1) is 38.4. The molecule has 0 fully saturated rings. The molecule has 258 valence electrons. The Balaban J connectivity index is 2.32. The zero-order valence-electron chi connectivity index (χ0n) is 27.5. The van der Waals surface area contributed by atoms with Gasteiger partial charge in [-0.1, -0.05) is 60.7 Å². The highest BCUT2D eigenvalue weighted by Crippen LogP contribution is 2.30. The van der Waals surface area contributed by atoms with Crippen LogP contribution >= 0.6 is 0 Å². The minimum Gasteiger partial charge on any atom is -0.480 e. The molecule has 0 radical (unpaired) electrons. The summed E-state index contributed by atoms with van der Waals surface area (Å²) >= 11 is 0. The Morgan fingerprint density at radius 2 is 1.26 bits per heavy atom. The zero-order chi connectivity index (χ0) is 35.6. The van der Waals surface area contributed by atoms with Gasteiger partial charge in [0, 0.05) is 12.3 Å². The summed E-state index contributed by atoms with van der Waals surface area (Å²) in [5.41, 5.74) is -1.09. The Morgan fingerprint density at radius 1 is 0.809 bits per heavy atom. The zero-order valence-corrected chi connectivity index (χ0v) is 27.5. The number of hydrogen-bond acceptors (Lipinski definition) is 8. The molecule has 14 heteroatoms. The van der Waals surface area contributed by atoms with Crippen molar-refractivity contribution in [2.45, 2.75) is 89.5 Å². The van der Waals surface area contributed by atoms with Crippen molar-refractivity contribution in [2.24, 2.45) is 0 Å². The highest BCUT2D eigenvalue weighted by atomic mass is 19.3. The van der Waals surface area contributed by atoms with Crippen molar-refractivity contribution >= 4 is 30.2 Å². The van der Waals surface area contributed by atoms with Gasteiger partial charge >= 0.3 is 24.2 Å². The summed E-state index contributed by atoms with van der Waals surface area (Å²) < 4.78 is 45.6. The van der Waals surface area contributed by atoms with Crippen LogP contribution in [0.3, 0.4) is 0 Å². The quantitative estimate of drug-likeness (QED) is 0.242. The van der Waals surface area contributed by atoms with Crippen LogP contribution in [0.4, 0.5) is 23.2 Å². The number of amides is 4. The molecule has 2 atom stereocenters. The summed E-state index contributed by atoms with van der Waals surface area (Å²) in [4.78, 5) is 64.0. The number of carboxylic acids is 1. The highest BCUT2D eigenvalue weighted by Gasteiger charge is 2.43. The predicted molar refractivity (Wildman–Crippen MR) is 167 cm³/mol. The Hall–Kier alpha value is -4.75. The van der Waals surface area contributed by atoms with E-state index >= 15 is 8.78 Å². The van der Waals surface area contributed by atoms with Crippen LogP contribution < -0.4 is 10.6 Å². The molecule has 0 aliphatic carbocycles. The van der Waals surface area contributed by atoms with Crippen molar-refractivity contribution in [2.75, 3.05) is 13.7 Å². The summed E-state index contributed by atoms with van der Waals surface area (Å²) in [6, 6.07) is 13.8. The van der Waals surface area contributed by atoms with Crippen LogP contribution in [0, 0.1) is 0 Å². The van der Waals surface area contributed by atoms with Crippen LogP contribution in [-0.4, -0.2) is 83.0 Å². The lowest BCUT2D eigenvalue weighted by atomic mass is 9.84. The number of alkyl halides is 2. The maximum atomic E-state index is 15.3. The second-order valence-corrected chi connectivity index (χ2v) is 12.7.